The molecule has 0 bridgehead atoms. The van der Waals surface area contributed by atoms with Gasteiger partial charge >= 0.3 is 0 Å². The average molecular weight is 236 g/mol. The molecule has 0 radical (unpaired) electrons. The lowest BCUT2D eigenvalue weighted by Gasteiger charge is -2.32. The Kier molecular flexibility index (Phi) is 2.12. The van der Waals surface area contributed by atoms with Gasteiger partial charge in [0.1, 0.15) is 0 Å². The van der Waals surface area contributed by atoms with E-state index in [1.807, 2.05) is 0 Å². The van der Waals surface area contributed by atoms with Crippen molar-refractivity contribution < 1.29 is 5.11 Å². The van der Waals surface area contributed by atoms with Gasteiger partial charge in [-0.05, 0) is 53.0 Å². The van der Waals surface area contributed by atoms with Gasteiger partial charge in [-0.3, -0.25) is 0 Å². The number of fused-ring (bicyclic) bond motifs is 3. The van der Waals surface area contributed by atoms with Gasteiger partial charge in [-0.2, -0.15) is 0 Å². The summed E-state index contributed by atoms with van der Waals surface area (Å²) in [7, 11) is 0. The van der Waals surface area contributed by atoms with Crippen LogP contribution in [0.15, 0.2) is 42.5 Å². The Morgan fingerprint density at radius 1 is 0.889 bits per heavy atom. The minimum atomic E-state index is -0.0690. The van der Waals surface area contributed by atoms with E-state index in [2.05, 4.69) is 42.5 Å². The molecule has 0 atom stereocenters. The minimum Gasteiger partial charge on any atom is -0.393 e. The standard InChI is InChI=1S/C17H16O/c18-15-9-13(10-15)11-5-6-17-14(7-11)8-12-3-1-2-4-16(12)17/h1-7,13,15,18H,8-10H2. The zero-order chi connectivity index (χ0) is 12.1. The number of benzene rings is 2. The Morgan fingerprint density at radius 3 is 2.50 bits per heavy atom. The van der Waals surface area contributed by atoms with Crippen LogP contribution in [-0.2, 0) is 6.42 Å². The van der Waals surface area contributed by atoms with Crippen LogP contribution < -0.4 is 0 Å². The van der Waals surface area contributed by atoms with Crippen molar-refractivity contribution in [2.45, 2.75) is 31.3 Å². The molecule has 0 aromatic heterocycles. The van der Waals surface area contributed by atoms with Crippen molar-refractivity contribution in [1.82, 2.24) is 0 Å². The van der Waals surface area contributed by atoms with Crippen molar-refractivity contribution in [2.75, 3.05) is 0 Å². The van der Waals surface area contributed by atoms with Gasteiger partial charge in [0.05, 0.1) is 6.10 Å². The summed E-state index contributed by atoms with van der Waals surface area (Å²) < 4.78 is 0. The van der Waals surface area contributed by atoms with Crippen molar-refractivity contribution in [3.63, 3.8) is 0 Å². The Hall–Kier alpha value is -1.60. The van der Waals surface area contributed by atoms with E-state index in [4.69, 9.17) is 0 Å². The van der Waals surface area contributed by atoms with E-state index in [1.54, 1.807) is 0 Å². The maximum Gasteiger partial charge on any atom is 0.0552 e. The molecule has 1 N–H and O–H groups in total. The molecule has 0 heterocycles. The summed E-state index contributed by atoms with van der Waals surface area (Å²) in [6.45, 7) is 0. The first-order valence-corrected chi connectivity index (χ1v) is 6.70. The van der Waals surface area contributed by atoms with E-state index in [0.29, 0.717) is 5.92 Å². The summed E-state index contributed by atoms with van der Waals surface area (Å²) in [4.78, 5) is 0. The zero-order valence-electron chi connectivity index (χ0n) is 10.3. The lowest BCUT2D eigenvalue weighted by atomic mass is 9.77. The molecule has 0 saturated heterocycles. The quantitative estimate of drug-likeness (QED) is 0.685. The van der Waals surface area contributed by atoms with Crippen LogP contribution in [0.1, 0.15) is 35.4 Å². The van der Waals surface area contributed by atoms with Crippen molar-refractivity contribution in [1.29, 1.82) is 0 Å². The highest BCUT2D eigenvalue weighted by Gasteiger charge is 2.29. The fourth-order valence-electron chi connectivity index (χ4n) is 3.28. The van der Waals surface area contributed by atoms with Crippen LogP contribution in [0.25, 0.3) is 11.1 Å². The SMILES string of the molecule is OC1CC(c2ccc3c(c2)Cc2ccccc2-3)C1. The first kappa shape index (κ1) is 10.3. The molecule has 1 heteroatoms. The summed E-state index contributed by atoms with van der Waals surface area (Å²) in [6.07, 6.45) is 2.87. The highest BCUT2D eigenvalue weighted by atomic mass is 16.3. The Labute approximate surface area is 107 Å². The molecule has 1 saturated carbocycles. The topological polar surface area (TPSA) is 20.2 Å². The lowest BCUT2D eigenvalue weighted by Crippen LogP contribution is -2.26. The summed E-state index contributed by atoms with van der Waals surface area (Å²) >= 11 is 0. The van der Waals surface area contributed by atoms with Crippen LogP contribution in [0.5, 0.6) is 0 Å². The average Bonchev–Trinajstić information content (AvgIpc) is 2.72. The van der Waals surface area contributed by atoms with Crippen LogP contribution in [0.3, 0.4) is 0 Å². The van der Waals surface area contributed by atoms with Crippen molar-refractivity contribution in [3.05, 3.63) is 59.2 Å². The molecule has 0 spiro atoms. The molecular weight excluding hydrogens is 220 g/mol. The van der Waals surface area contributed by atoms with Gasteiger partial charge in [0, 0.05) is 0 Å². The van der Waals surface area contributed by atoms with Gasteiger partial charge in [-0.15, -0.1) is 0 Å². The van der Waals surface area contributed by atoms with Crippen molar-refractivity contribution >= 4 is 0 Å². The van der Waals surface area contributed by atoms with Crippen LogP contribution in [-0.4, -0.2) is 11.2 Å². The molecule has 1 fully saturated rings. The molecule has 1 nitrogen and oxygen atoms in total. The number of hydrogen-bond acceptors (Lipinski definition) is 1. The predicted octanol–water partition coefficient (Wildman–Crippen LogP) is 3.50. The lowest BCUT2D eigenvalue weighted by molar-refractivity contribution is 0.0746. The highest BCUT2D eigenvalue weighted by molar-refractivity contribution is 5.77. The molecule has 90 valence electrons. The smallest absolute Gasteiger partial charge is 0.0552 e. The third-order valence-corrected chi connectivity index (χ3v) is 4.40. The first-order valence-electron chi connectivity index (χ1n) is 6.70. The van der Waals surface area contributed by atoms with Gasteiger partial charge < -0.3 is 5.11 Å². The number of rotatable bonds is 1. The second-order valence-corrected chi connectivity index (χ2v) is 5.57. The zero-order valence-corrected chi connectivity index (χ0v) is 10.3. The second-order valence-electron chi connectivity index (χ2n) is 5.57. The molecule has 18 heavy (non-hydrogen) atoms. The third kappa shape index (κ3) is 1.44. The molecule has 4 rings (SSSR count). The van der Waals surface area contributed by atoms with Gasteiger partial charge in [-0.1, -0.05) is 42.5 Å². The number of aliphatic hydroxyl groups is 1. The van der Waals surface area contributed by atoms with Gasteiger partial charge in [0.15, 0.2) is 0 Å². The van der Waals surface area contributed by atoms with Crippen molar-refractivity contribution in [3.8, 4) is 11.1 Å². The highest BCUT2D eigenvalue weighted by Crippen LogP contribution is 2.41. The number of aliphatic hydroxyl groups excluding tert-OH is 1. The van der Waals surface area contributed by atoms with E-state index in [1.165, 1.54) is 27.8 Å². The largest absolute Gasteiger partial charge is 0.393 e. The second kappa shape index (κ2) is 3.69. The monoisotopic (exact) mass is 236 g/mol. The van der Waals surface area contributed by atoms with E-state index in [0.717, 1.165) is 19.3 Å². The van der Waals surface area contributed by atoms with Gasteiger partial charge in [0.25, 0.3) is 0 Å². The molecule has 2 aliphatic rings. The fraction of sp³-hybridized carbons (Fsp3) is 0.294. The normalized spacial score (nSPS) is 24.3. The third-order valence-electron chi connectivity index (χ3n) is 4.40. The Bertz CT molecular complexity index is 609. The van der Waals surface area contributed by atoms with E-state index < -0.39 is 0 Å². The fourth-order valence-corrected chi connectivity index (χ4v) is 3.28. The Morgan fingerprint density at radius 2 is 1.67 bits per heavy atom. The van der Waals surface area contributed by atoms with Crippen LogP contribution in [0.4, 0.5) is 0 Å². The summed E-state index contributed by atoms with van der Waals surface area (Å²) in [5.74, 6) is 0.578. The molecule has 2 aromatic rings. The van der Waals surface area contributed by atoms with Gasteiger partial charge in [-0.25, -0.2) is 0 Å². The molecule has 0 unspecified atom stereocenters. The number of hydrogen-bond donors (Lipinski definition) is 1. The van der Waals surface area contributed by atoms with E-state index in [9.17, 15) is 5.11 Å². The summed E-state index contributed by atoms with van der Waals surface area (Å²) in [5.41, 5.74) is 7.10. The minimum absolute atomic E-state index is 0.0690. The molecular formula is C17H16O. The maximum atomic E-state index is 9.42. The van der Waals surface area contributed by atoms with Crippen LogP contribution in [0.2, 0.25) is 0 Å². The maximum absolute atomic E-state index is 9.42. The molecule has 0 amide bonds. The predicted molar refractivity (Wildman–Crippen MR) is 72.7 cm³/mol. The van der Waals surface area contributed by atoms with Crippen molar-refractivity contribution in [2.24, 2.45) is 0 Å². The van der Waals surface area contributed by atoms with Crippen LogP contribution >= 0.6 is 0 Å². The van der Waals surface area contributed by atoms with E-state index >= 15 is 0 Å². The first-order chi connectivity index (χ1) is 8.81. The molecule has 2 aromatic carbocycles. The summed E-state index contributed by atoms with van der Waals surface area (Å²) in [6, 6.07) is 15.5. The van der Waals surface area contributed by atoms with Crippen LogP contribution in [0, 0.1) is 0 Å². The van der Waals surface area contributed by atoms with Gasteiger partial charge in [0.2, 0.25) is 0 Å². The molecule has 2 aliphatic carbocycles. The summed E-state index contributed by atoms with van der Waals surface area (Å²) in [5, 5.41) is 9.42. The molecule has 0 aliphatic heterocycles. The van der Waals surface area contributed by atoms with E-state index in [-0.39, 0.29) is 6.10 Å². The Balaban J connectivity index is 1.73.